The first kappa shape index (κ1) is 11.5. The quantitative estimate of drug-likeness (QED) is 0.798. The first-order chi connectivity index (χ1) is 8.63. The number of nitrogens with one attached hydrogen (secondary N) is 1. The number of anilines is 1. The van der Waals surface area contributed by atoms with E-state index in [-0.39, 0.29) is 12.4 Å². The second-order valence-electron chi connectivity index (χ2n) is 5.02. The third-order valence-electron chi connectivity index (χ3n) is 3.86. The Morgan fingerprint density at radius 3 is 2.56 bits per heavy atom. The van der Waals surface area contributed by atoms with Crippen LogP contribution in [0.25, 0.3) is 0 Å². The van der Waals surface area contributed by atoms with Crippen molar-refractivity contribution in [2.75, 3.05) is 24.5 Å². The van der Waals surface area contributed by atoms with Gasteiger partial charge in [0.15, 0.2) is 0 Å². The van der Waals surface area contributed by atoms with E-state index in [0.717, 1.165) is 25.2 Å². The lowest BCUT2D eigenvalue weighted by atomic mass is 10.2. The van der Waals surface area contributed by atoms with E-state index in [1.54, 1.807) is 12.1 Å². The van der Waals surface area contributed by atoms with Gasteiger partial charge in [0, 0.05) is 30.9 Å². The van der Waals surface area contributed by atoms with Gasteiger partial charge in [-0.15, -0.1) is 0 Å². The van der Waals surface area contributed by atoms with Crippen LogP contribution in [0.2, 0.25) is 0 Å². The lowest BCUT2D eigenvalue weighted by Gasteiger charge is -2.34. The van der Waals surface area contributed by atoms with Gasteiger partial charge < -0.3 is 4.90 Å². The van der Waals surface area contributed by atoms with E-state index in [4.69, 9.17) is 5.73 Å². The van der Waals surface area contributed by atoms with Crippen molar-refractivity contribution >= 4 is 11.6 Å². The van der Waals surface area contributed by atoms with Crippen molar-refractivity contribution in [2.24, 2.45) is 0 Å². The van der Waals surface area contributed by atoms with Crippen LogP contribution in [0.3, 0.4) is 0 Å². The van der Waals surface area contributed by atoms with Crippen molar-refractivity contribution in [1.29, 1.82) is 0 Å². The highest BCUT2D eigenvalue weighted by molar-refractivity contribution is 5.75. The van der Waals surface area contributed by atoms with Gasteiger partial charge in [0.05, 0.1) is 6.54 Å². The van der Waals surface area contributed by atoms with Gasteiger partial charge >= 0.3 is 0 Å². The minimum Gasteiger partial charge on any atom is -0.366 e. The molecule has 2 bridgehead atoms. The summed E-state index contributed by atoms with van der Waals surface area (Å²) in [6.45, 7) is 1.93. The molecule has 1 aromatic rings. The second kappa shape index (κ2) is 4.24. The summed E-state index contributed by atoms with van der Waals surface area (Å²) in [4.78, 5) is 15.2. The molecule has 1 aromatic carbocycles. The first-order valence-electron chi connectivity index (χ1n) is 6.14. The van der Waals surface area contributed by atoms with Crippen LogP contribution in [0.4, 0.5) is 10.1 Å². The smallest absolute Gasteiger partial charge is 0.252 e. The van der Waals surface area contributed by atoms with Gasteiger partial charge in [0.2, 0.25) is 0 Å². The monoisotopic (exact) mass is 248 g/mol. The van der Waals surface area contributed by atoms with Crippen molar-refractivity contribution in [3.8, 4) is 0 Å². The standard InChI is InChI=1S/C13H15FN3O/c14-9-1-3-10(4-2-9)17-7-11-5-12(17)6-16(11)8-13(15)18/h1-4,11-12,15H,5-8H2. The van der Waals surface area contributed by atoms with Gasteiger partial charge in [-0.05, 0) is 30.7 Å². The molecule has 2 aliphatic rings. The van der Waals surface area contributed by atoms with E-state index < -0.39 is 5.91 Å². The number of hydrogen-bond donors (Lipinski definition) is 0. The van der Waals surface area contributed by atoms with Crippen LogP contribution < -0.4 is 10.6 Å². The molecule has 18 heavy (non-hydrogen) atoms. The molecule has 0 saturated carbocycles. The van der Waals surface area contributed by atoms with Gasteiger partial charge in [0.1, 0.15) is 5.82 Å². The minimum absolute atomic E-state index is 0.218. The summed E-state index contributed by atoms with van der Waals surface area (Å²) in [5, 5.41) is 0. The van der Waals surface area contributed by atoms with Crippen molar-refractivity contribution in [1.82, 2.24) is 10.6 Å². The molecule has 3 rings (SSSR count). The number of amides is 1. The Morgan fingerprint density at radius 1 is 1.28 bits per heavy atom. The summed E-state index contributed by atoms with van der Waals surface area (Å²) in [6.07, 6.45) is 1.03. The molecular weight excluding hydrogens is 233 g/mol. The fourth-order valence-corrected chi connectivity index (χ4v) is 3.08. The van der Waals surface area contributed by atoms with Crippen molar-refractivity contribution in [3.05, 3.63) is 30.1 Å². The molecule has 0 aliphatic carbocycles. The summed E-state index contributed by atoms with van der Waals surface area (Å²) >= 11 is 0. The van der Waals surface area contributed by atoms with Gasteiger partial charge in [-0.2, -0.15) is 0 Å². The number of carbonyl (C=O) groups excluding carboxylic acids is 1. The number of likely N-dealkylation sites (tertiary alicyclic amines) is 1. The SMILES string of the molecule is [NH]C(=O)CN1CC2CC1CN2c1ccc(F)cc1. The normalized spacial score (nSPS) is 26.8. The molecule has 2 saturated heterocycles. The fourth-order valence-electron chi connectivity index (χ4n) is 3.08. The highest BCUT2D eigenvalue weighted by Gasteiger charge is 2.43. The molecule has 2 atom stereocenters. The Kier molecular flexibility index (Phi) is 2.70. The predicted molar refractivity (Wildman–Crippen MR) is 65.6 cm³/mol. The number of nitrogens with zero attached hydrogens (tertiary/aromatic N) is 2. The number of piperazine rings is 1. The van der Waals surface area contributed by atoms with Gasteiger partial charge in [-0.3, -0.25) is 15.4 Å². The van der Waals surface area contributed by atoms with Crippen LogP contribution >= 0.6 is 0 Å². The van der Waals surface area contributed by atoms with Crippen LogP contribution in [0.5, 0.6) is 0 Å². The molecule has 2 fully saturated rings. The highest BCUT2D eigenvalue weighted by Crippen LogP contribution is 2.34. The summed E-state index contributed by atoms with van der Waals surface area (Å²) in [5.74, 6) is -0.736. The van der Waals surface area contributed by atoms with Crippen LogP contribution in [0.15, 0.2) is 24.3 Å². The summed E-state index contributed by atoms with van der Waals surface area (Å²) < 4.78 is 12.9. The number of fused-ring (bicyclic) bond motifs is 2. The lowest BCUT2D eigenvalue weighted by molar-refractivity contribution is -0.120. The molecule has 0 spiro atoms. The zero-order valence-electron chi connectivity index (χ0n) is 9.97. The van der Waals surface area contributed by atoms with E-state index in [1.165, 1.54) is 12.1 Å². The van der Waals surface area contributed by atoms with Crippen molar-refractivity contribution < 1.29 is 9.18 Å². The average molecular weight is 248 g/mol. The lowest BCUT2D eigenvalue weighted by Crippen LogP contribution is -2.48. The van der Waals surface area contributed by atoms with Crippen LogP contribution in [0.1, 0.15) is 6.42 Å². The Morgan fingerprint density at radius 2 is 2.00 bits per heavy atom. The molecule has 4 nitrogen and oxygen atoms in total. The second-order valence-corrected chi connectivity index (χ2v) is 5.02. The van der Waals surface area contributed by atoms with E-state index >= 15 is 0 Å². The molecule has 1 amide bonds. The average Bonchev–Trinajstić information content (AvgIpc) is 2.88. The number of halogens is 1. The Balaban J connectivity index is 1.70. The van der Waals surface area contributed by atoms with Gasteiger partial charge in [0.25, 0.3) is 5.91 Å². The zero-order chi connectivity index (χ0) is 12.7. The van der Waals surface area contributed by atoms with E-state index in [2.05, 4.69) is 9.80 Å². The molecular formula is C13H15FN3O. The van der Waals surface area contributed by atoms with E-state index in [1.807, 2.05) is 0 Å². The summed E-state index contributed by atoms with van der Waals surface area (Å²) in [7, 11) is 0. The maximum absolute atomic E-state index is 12.9. The third kappa shape index (κ3) is 1.95. The molecule has 0 aromatic heterocycles. The predicted octanol–water partition coefficient (Wildman–Crippen LogP) is 0.898. The van der Waals surface area contributed by atoms with Crippen molar-refractivity contribution in [2.45, 2.75) is 18.5 Å². The maximum Gasteiger partial charge on any atom is 0.252 e. The van der Waals surface area contributed by atoms with Gasteiger partial charge in [-0.25, -0.2) is 4.39 Å². The van der Waals surface area contributed by atoms with Crippen LogP contribution in [-0.2, 0) is 4.79 Å². The summed E-state index contributed by atoms with van der Waals surface area (Å²) in [6, 6.07) is 7.30. The molecule has 1 radical (unpaired) electrons. The number of benzene rings is 1. The van der Waals surface area contributed by atoms with E-state index in [9.17, 15) is 9.18 Å². The highest BCUT2D eigenvalue weighted by atomic mass is 19.1. The molecule has 2 unspecified atom stereocenters. The summed E-state index contributed by atoms with van der Waals surface area (Å²) in [5.41, 5.74) is 8.07. The van der Waals surface area contributed by atoms with Gasteiger partial charge in [-0.1, -0.05) is 0 Å². The number of carbonyl (C=O) groups is 1. The number of hydrogen-bond acceptors (Lipinski definition) is 3. The molecule has 2 heterocycles. The fraction of sp³-hybridized carbons (Fsp3) is 0.462. The molecule has 95 valence electrons. The topological polar surface area (TPSA) is 47.4 Å². The maximum atomic E-state index is 12.9. The minimum atomic E-state index is -0.518. The Labute approximate surface area is 105 Å². The van der Waals surface area contributed by atoms with Crippen LogP contribution in [0, 0.1) is 5.82 Å². The molecule has 1 N–H and O–H groups in total. The Bertz CT molecular complexity index is 462. The Hall–Kier alpha value is -1.62. The van der Waals surface area contributed by atoms with E-state index in [0.29, 0.717) is 12.1 Å². The first-order valence-corrected chi connectivity index (χ1v) is 6.14. The number of rotatable bonds is 3. The van der Waals surface area contributed by atoms with Crippen molar-refractivity contribution in [3.63, 3.8) is 0 Å². The largest absolute Gasteiger partial charge is 0.366 e. The third-order valence-corrected chi connectivity index (χ3v) is 3.86. The van der Waals surface area contributed by atoms with Crippen LogP contribution in [-0.4, -0.2) is 42.5 Å². The molecule has 2 aliphatic heterocycles. The zero-order valence-corrected chi connectivity index (χ0v) is 9.97. The molecule has 5 heteroatoms.